The first-order valence-corrected chi connectivity index (χ1v) is 11.5. The summed E-state index contributed by atoms with van der Waals surface area (Å²) in [6.45, 7) is 5.38. The number of hydrogen-bond acceptors (Lipinski definition) is 6. The van der Waals surface area contributed by atoms with E-state index in [2.05, 4.69) is 26.9 Å². The number of aromatic nitrogens is 1. The van der Waals surface area contributed by atoms with Gasteiger partial charge in [0.05, 0.1) is 13.2 Å². The Hall–Kier alpha value is -2.00. The molecule has 1 aromatic heterocycles. The van der Waals surface area contributed by atoms with E-state index in [9.17, 15) is 8.42 Å². The predicted molar refractivity (Wildman–Crippen MR) is 112 cm³/mol. The van der Waals surface area contributed by atoms with Gasteiger partial charge in [-0.15, -0.1) is 0 Å². The van der Waals surface area contributed by atoms with E-state index in [0.717, 1.165) is 45.0 Å². The van der Waals surface area contributed by atoms with E-state index in [1.54, 1.807) is 19.2 Å². The molecule has 2 fully saturated rings. The minimum Gasteiger partial charge on any atom is -0.378 e. The molecule has 4 rings (SSSR count). The number of likely N-dealkylation sites (N-methyl/N-ethyl adjacent to an activating group) is 1. The molecular weight excluding hydrogens is 388 g/mol. The van der Waals surface area contributed by atoms with Gasteiger partial charge in [-0.1, -0.05) is 30.3 Å². The SMILES string of the molecule is CN([C@@H]1CCN(Cc2ccccc2)C1)S(=O)(=O)c1ccc(N2CCOCC2)nc1. The van der Waals surface area contributed by atoms with Crippen molar-refractivity contribution in [2.24, 2.45) is 0 Å². The standard InChI is InChI=1S/C21H28N4O3S/c1-23(19-9-10-24(17-19)16-18-5-3-2-4-6-18)29(26,27)20-7-8-21(22-15-20)25-11-13-28-14-12-25/h2-8,15,19H,9-14,16-17H2,1H3/t19-/m1/s1. The number of ether oxygens (including phenoxy) is 1. The van der Waals surface area contributed by atoms with Crippen LogP contribution < -0.4 is 4.90 Å². The van der Waals surface area contributed by atoms with Crippen LogP contribution in [0.2, 0.25) is 0 Å². The van der Waals surface area contributed by atoms with Gasteiger partial charge < -0.3 is 9.64 Å². The third kappa shape index (κ3) is 4.61. The molecule has 2 aliphatic rings. The Morgan fingerprint density at radius 1 is 1.10 bits per heavy atom. The van der Waals surface area contributed by atoms with Crippen molar-refractivity contribution >= 4 is 15.8 Å². The number of hydrogen-bond donors (Lipinski definition) is 0. The molecule has 0 saturated carbocycles. The molecule has 29 heavy (non-hydrogen) atoms. The zero-order valence-electron chi connectivity index (χ0n) is 16.8. The van der Waals surface area contributed by atoms with Crippen molar-refractivity contribution in [3.63, 3.8) is 0 Å². The number of rotatable bonds is 6. The summed E-state index contributed by atoms with van der Waals surface area (Å²) in [6, 6.07) is 13.7. The van der Waals surface area contributed by atoms with Crippen molar-refractivity contribution in [1.29, 1.82) is 0 Å². The third-order valence-corrected chi connectivity index (χ3v) is 7.64. The number of anilines is 1. The van der Waals surface area contributed by atoms with Crippen molar-refractivity contribution in [3.8, 4) is 0 Å². The summed E-state index contributed by atoms with van der Waals surface area (Å²) in [5.74, 6) is 0.796. The normalized spacial score (nSPS) is 21.0. The second-order valence-electron chi connectivity index (χ2n) is 7.64. The average Bonchev–Trinajstić information content (AvgIpc) is 3.23. The maximum absolute atomic E-state index is 13.1. The van der Waals surface area contributed by atoms with Gasteiger partial charge in [0.2, 0.25) is 10.0 Å². The molecule has 0 amide bonds. The molecule has 0 spiro atoms. The van der Waals surface area contributed by atoms with Crippen LogP contribution in [0.5, 0.6) is 0 Å². The summed E-state index contributed by atoms with van der Waals surface area (Å²) in [4.78, 5) is 9.08. The molecule has 156 valence electrons. The molecule has 0 bridgehead atoms. The second kappa shape index (κ2) is 8.79. The van der Waals surface area contributed by atoms with Crippen molar-refractivity contribution in [2.45, 2.75) is 23.9 Å². The average molecular weight is 417 g/mol. The van der Waals surface area contributed by atoms with Gasteiger partial charge in [0.1, 0.15) is 10.7 Å². The Morgan fingerprint density at radius 3 is 2.55 bits per heavy atom. The summed E-state index contributed by atoms with van der Waals surface area (Å²) in [5, 5.41) is 0. The van der Waals surface area contributed by atoms with Gasteiger partial charge in [0.25, 0.3) is 0 Å². The van der Waals surface area contributed by atoms with Crippen molar-refractivity contribution in [1.82, 2.24) is 14.2 Å². The van der Waals surface area contributed by atoms with E-state index >= 15 is 0 Å². The summed E-state index contributed by atoms with van der Waals surface area (Å²) in [6.07, 6.45) is 2.31. The molecule has 1 atom stereocenters. The monoisotopic (exact) mass is 416 g/mol. The minimum atomic E-state index is -3.57. The first-order chi connectivity index (χ1) is 14.0. The Balaban J connectivity index is 1.40. The molecule has 0 radical (unpaired) electrons. The molecule has 2 aromatic rings. The number of sulfonamides is 1. The predicted octanol–water partition coefficient (Wildman–Crippen LogP) is 1.81. The quantitative estimate of drug-likeness (QED) is 0.716. The number of benzene rings is 1. The third-order valence-electron chi connectivity index (χ3n) is 5.74. The first-order valence-electron chi connectivity index (χ1n) is 10.1. The van der Waals surface area contributed by atoms with Crippen LogP contribution in [0.1, 0.15) is 12.0 Å². The Kier molecular flexibility index (Phi) is 6.15. The highest BCUT2D eigenvalue weighted by Gasteiger charge is 2.33. The topological polar surface area (TPSA) is 66.0 Å². The van der Waals surface area contributed by atoms with Gasteiger partial charge in [-0.3, -0.25) is 4.90 Å². The molecule has 0 unspecified atom stereocenters. The summed E-state index contributed by atoms with van der Waals surface area (Å²) >= 11 is 0. The van der Waals surface area contributed by atoms with Crippen LogP contribution in [0.15, 0.2) is 53.6 Å². The van der Waals surface area contributed by atoms with Crippen LogP contribution in [0.25, 0.3) is 0 Å². The maximum atomic E-state index is 13.1. The zero-order chi connectivity index (χ0) is 20.3. The number of morpholine rings is 1. The van der Waals surface area contributed by atoms with Gasteiger partial charge in [0.15, 0.2) is 0 Å². The largest absolute Gasteiger partial charge is 0.378 e. The highest BCUT2D eigenvalue weighted by Crippen LogP contribution is 2.24. The molecule has 7 nitrogen and oxygen atoms in total. The van der Waals surface area contributed by atoms with E-state index in [-0.39, 0.29) is 10.9 Å². The molecular formula is C21H28N4O3S. The second-order valence-corrected chi connectivity index (χ2v) is 9.63. The summed E-state index contributed by atoms with van der Waals surface area (Å²) in [7, 11) is -1.88. The lowest BCUT2D eigenvalue weighted by Gasteiger charge is -2.28. The van der Waals surface area contributed by atoms with Crippen molar-refractivity contribution in [2.75, 3.05) is 51.3 Å². The zero-order valence-corrected chi connectivity index (χ0v) is 17.6. The van der Waals surface area contributed by atoms with E-state index in [1.165, 1.54) is 16.1 Å². The van der Waals surface area contributed by atoms with E-state index in [0.29, 0.717) is 13.2 Å². The van der Waals surface area contributed by atoms with Gasteiger partial charge >= 0.3 is 0 Å². The van der Waals surface area contributed by atoms with Crippen LogP contribution in [0.3, 0.4) is 0 Å². The smallest absolute Gasteiger partial charge is 0.244 e. The van der Waals surface area contributed by atoms with Crippen LogP contribution in [-0.2, 0) is 21.3 Å². The fraction of sp³-hybridized carbons (Fsp3) is 0.476. The highest BCUT2D eigenvalue weighted by atomic mass is 32.2. The number of likely N-dealkylation sites (tertiary alicyclic amines) is 1. The van der Waals surface area contributed by atoms with Gasteiger partial charge in [0, 0.05) is 52.0 Å². The molecule has 2 aliphatic heterocycles. The van der Waals surface area contributed by atoms with E-state index < -0.39 is 10.0 Å². The lowest BCUT2D eigenvalue weighted by Crippen LogP contribution is -2.39. The fourth-order valence-electron chi connectivity index (χ4n) is 3.96. The molecule has 2 saturated heterocycles. The molecule has 8 heteroatoms. The van der Waals surface area contributed by atoms with Crippen LogP contribution in [0.4, 0.5) is 5.82 Å². The highest BCUT2D eigenvalue weighted by molar-refractivity contribution is 7.89. The van der Waals surface area contributed by atoms with Crippen LogP contribution in [0, 0.1) is 0 Å². The van der Waals surface area contributed by atoms with Gasteiger partial charge in [-0.25, -0.2) is 13.4 Å². The van der Waals surface area contributed by atoms with Crippen molar-refractivity contribution in [3.05, 3.63) is 54.2 Å². The minimum absolute atomic E-state index is 0.0253. The number of pyridine rings is 1. The summed E-state index contributed by atoms with van der Waals surface area (Å²) in [5.41, 5.74) is 1.25. The Labute approximate surface area is 172 Å². The van der Waals surface area contributed by atoms with Crippen molar-refractivity contribution < 1.29 is 13.2 Å². The fourth-order valence-corrected chi connectivity index (χ4v) is 5.28. The maximum Gasteiger partial charge on any atom is 0.244 e. The Bertz CT molecular complexity index is 899. The molecule has 3 heterocycles. The Morgan fingerprint density at radius 2 is 1.86 bits per heavy atom. The van der Waals surface area contributed by atoms with E-state index in [1.807, 2.05) is 18.2 Å². The summed E-state index contributed by atoms with van der Waals surface area (Å²) < 4.78 is 33.1. The molecule has 0 aliphatic carbocycles. The van der Waals surface area contributed by atoms with Crippen LogP contribution >= 0.6 is 0 Å². The van der Waals surface area contributed by atoms with Crippen LogP contribution in [-0.4, -0.2) is 75.1 Å². The lowest BCUT2D eigenvalue weighted by molar-refractivity contribution is 0.122. The molecule has 0 N–H and O–H groups in total. The first kappa shape index (κ1) is 20.3. The van der Waals surface area contributed by atoms with Gasteiger partial charge in [-0.2, -0.15) is 4.31 Å². The van der Waals surface area contributed by atoms with E-state index in [4.69, 9.17) is 4.74 Å². The lowest BCUT2D eigenvalue weighted by atomic mass is 10.2. The number of nitrogens with zero attached hydrogens (tertiary/aromatic N) is 4. The van der Waals surface area contributed by atoms with Gasteiger partial charge in [-0.05, 0) is 24.1 Å². The molecule has 1 aromatic carbocycles.